The summed E-state index contributed by atoms with van der Waals surface area (Å²) in [6.45, 7) is 3.89. The summed E-state index contributed by atoms with van der Waals surface area (Å²) in [5.74, 6) is 0. The van der Waals surface area contributed by atoms with Crippen LogP contribution in [0.2, 0.25) is 0 Å². The molecule has 0 aliphatic carbocycles. The van der Waals surface area contributed by atoms with E-state index in [1.807, 2.05) is 26.0 Å². The first kappa shape index (κ1) is 12.1. The van der Waals surface area contributed by atoms with Gasteiger partial charge in [-0.15, -0.1) is 0 Å². The Morgan fingerprint density at radius 2 is 1.31 bits per heavy atom. The van der Waals surface area contributed by atoms with Crippen LogP contribution in [0, 0.1) is 0 Å². The molecule has 0 saturated carbocycles. The highest BCUT2D eigenvalue weighted by Gasteiger charge is 2.10. The molecule has 0 radical (unpaired) electrons. The predicted octanol–water partition coefficient (Wildman–Crippen LogP) is 2.75. The first-order valence-electron chi connectivity index (χ1n) is 5.08. The summed E-state index contributed by atoms with van der Waals surface area (Å²) >= 11 is 0. The van der Waals surface area contributed by atoms with E-state index in [0.29, 0.717) is 24.2 Å². The van der Waals surface area contributed by atoms with Gasteiger partial charge < -0.3 is 0 Å². The molecule has 0 spiro atoms. The van der Waals surface area contributed by atoms with Crippen molar-refractivity contribution in [1.29, 1.82) is 0 Å². The zero-order valence-corrected chi connectivity index (χ0v) is 9.28. The highest BCUT2D eigenvalue weighted by atomic mass is 16.1. The van der Waals surface area contributed by atoms with E-state index >= 15 is 0 Å². The SMILES string of the molecule is CCc1ccc(CC)c(N=C=O)c1N=C=O. The molecular formula is C12H12N2O2. The summed E-state index contributed by atoms with van der Waals surface area (Å²) in [7, 11) is 0. The quantitative estimate of drug-likeness (QED) is 0.574. The van der Waals surface area contributed by atoms with E-state index in [0.717, 1.165) is 11.1 Å². The van der Waals surface area contributed by atoms with Gasteiger partial charge in [0, 0.05) is 0 Å². The molecule has 0 aliphatic rings. The second kappa shape index (κ2) is 5.76. The zero-order valence-electron chi connectivity index (χ0n) is 9.28. The average Bonchev–Trinajstić information content (AvgIpc) is 2.31. The van der Waals surface area contributed by atoms with Crippen molar-refractivity contribution in [2.45, 2.75) is 26.7 Å². The Morgan fingerprint density at radius 1 is 0.938 bits per heavy atom. The van der Waals surface area contributed by atoms with Crippen LogP contribution in [0.25, 0.3) is 0 Å². The molecule has 4 nitrogen and oxygen atoms in total. The molecule has 1 aromatic carbocycles. The van der Waals surface area contributed by atoms with E-state index in [2.05, 4.69) is 9.98 Å². The van der Waals surface area contributed by atoms with E-state index in [1.165, 1.54) is 12.2 Å². The summed E-state index contributed by atoms with van der Waals surface area (Å²) in [6.07, 6.45) is 4.42. The maximum Gasteiger partial charge on any atom is 0.240 e. The molecule has 4 heteroatoms. The molecule has 0 aliphatic heterocycles. The minimum Gasteiger partial charge on any atom is -0.211 e. The van der Waals surface area contributed by atoms with Crippen LogP contribution in [-0.2, 0) is 22.4 Å². The number of isocyanates is 2. The second-order valence-corrected chi connectivity index (χ2v) is 3.19. The molecule has 1 aromatic rings. The van der Waals surface area contributed by atoms with Gasteiger partial charge in [-0.1, -0.05) is 26.0 Å². The number of aliphatic imine (C=N–C) groups is 2. The molecule has 0 heterocycles. The van der Waals surface area contributed by atoms with Crippen molar-refractivity contribution in [2.75, 3.05) is 0 Å². The van der Waals surface area contributed by atoms with Gasteiger partial charge in [-0.25, -0.2) is 9.59 Å². The Kier molecular flexibility index (Phi) is 4.34. The van der Waals surface area contributed by atoms with E-state index < -0.39 is 0 Å². The molecule has 0 saturated heterocycles. The third-order valence-corrected chi connectivity index (χ3v) is 2.40. The first-order chi connectivity index (χ1) is 7.78. The Hall–Kier alpha value is -2.02. The van der Waals surface area contributed by atoms with Crippen LogP contribution in [0.1, 0.15) is 25.0 Å². The molecule has 0 bridgehead atoms. The lowest BCUT2D eigenvalue weighted by Gasteiger charge is -2.08. The van der Waals surface area contributed by atoms with Gasteiger partial charge in [0.2, 0.25) is 12.2 Å². The van der Waals surface area contributed by atoms with Gasteiger partial charge in [-0.2, -0.15) is 9.98 Å². The van der Waals surface area contributed by atoms with Crippen molar-refractivity contribution in [1.82, 2.24) is 0 Å². The molecule has 0 atom stereocenters. The monoisotopic (exact) mass is 216 g/mol. The number of benzene rings is 1. The number of carbonyl (C=O) groups excluding carboxylic acids is 2. The van der Waals surface area contributed by atoms with Crippen LogP contribution in [0.4, 0.5) is 11.4 Å². The Labute approximate surface area is 93.7 Å². The number of hydrogen-bond donors (Lipinski definition) is 0. The van der Waals surface area contributed by atoms with Gasteiger partial charge in [-0.3, -0.25) is 0 Å². The normalized spacial score (nSPS) is 9.12. The van der Waals surface area contributed by atoms with E-state index in [-0.39, 0.29) is 0 Å². The topological polar surface area (TPSA) is 58.9 Å². The number of hydrogen-bond acceptors (Lipinski definition) is 4. The Morgan fingerprint density at radius 3 is 1.56 bits per heavy atom. The minimum absolute atomic E-state index is 0.431. The van der Waals surface area contributed by atoms with Crippen molar-refractivity contribution >= 4 is 23.5 Å². The van der Waals surface area contributed by atoms with E-state index in [1.54, 1.807) is 0 Å². The van der Waals surface area contributed by atoms with Crippen LogP contribution >= 0.6 is 0 Å². The fraction of sp³-hybridized carbons (Fsp3) is 0.333. The fourth-order valence-corrected chi connectivity index (χ4v) is 1.57. The smallest absolute Gasteiger partial charge is 0.211 e. The molecule has 0 N–H and O–H groups in total. The Balaban J connectivity index is 3.58. The van der Waals surface area contributed by atoms with Crippen molar-refractivity contribution in [3.05, 3.63) is 23.3 Å². The standard InChI is InChI=1S/C12H12N2O2/c1-3-9-5-6-10(4-2)12(14-8-16)11(9)13-7-15/h5-6H,3-4H2,1-2H3. The van der Waals surface area contributed by atoms with Gasteiger partial charge in [0.15, 0.2) is 0 Å². The first-order valence-corrected chi connectivity index (χ1v) is 5.08. The number of rotatable bonds is 4. The van der Waals surface area contributed by atoms with Gasteiger partial charge in [0.05, 0.1) is 0 Å². The third-order valence-electron chi connectivity index (χ3n) is 2.40. The molecule has 82 valence electrons. The van der Waals surface area contributed by atoms with Crippen LogP contribution < -0.4 is 0 Å². The van der Waals surface area contributed by atoms with Crippen LogP contribution in [0.15, 0.2) is 22.1 Å². The highest BCUT2D eigenvalue weighted by molar-refractivity contribution is 5.74. The maximum atomic E-state index is 10.4. The lowest BCUT2D eigenvalue weighted by molar-refractivity contribution is 0.564. The lowest BCUT2D eigenvalue weighted by Crippen LogP contribution is -1.88. The molecule has 0 amide bonds. The van der Waals surface area contributed by atoms with Gasteiger partial charge in [0.1, 0.15) is 11.4 Å². The van der Waals surface area contributed by atoms with Crippen LogP contribution in [-0.4, -0.2) is 12.2 Å². The lowest BCUT2D eigenvalue weighted by atomic mass is 10.0. The highest BCUT2D eigenvalue weighted by Crippen LogP contribution is 2.35. The zero-order chi connectivity index (χ0) is 12.0. The molecule has 16 heavy (non-hydrogen) atoms. The van der Waals surface area contributed by atoms with Gasteiger partial charge in [0.25, 0.3) is 0 Å². The van der Waals surface area contributed by atoms with Crippen molar-refractivity contribution in [2.24, 2.45) is 9.98 Å². The van der Waals surface area contributed by atoms with Gasteiger partial charge in [-0.05, 0) is 24.0 Å². The summed E-state index contributed by atoms with van der Waals surface area (Å²) in [5.41, 5.74) is 2.60. The summed E-state index contributed by atoms with van der Waals surface area (Å²) in [5, 5.41) is 0. The predicted molar refractivity (Wildman–Crippen MR) is 60.8 cm³/mol. The molecular weight excluding hydrogens is 204 g/mol. The molecule has 1 rings (SSSR count). The van der Waals surface area contributed by atoms with Crippen LogP contribution in [0.3, 0.4) is 0 Å². The summed E-state index contributed by atoms with van der Waals surface area (Å²) < 4.78 is 0. The van der Waals surface area contributed by atoms with Crippen LogP contribution in [0.5, 0.6) is 0 Å². The molecule has 0 fully saturated rings. The summed E-state index contributed by atoms with van der Waals surface area (Å²) in [6, 6.07) is 3.78. The molecule has 0 aromatic heterocycles. The minimum atomic E-state index is 0.431. The summed E-state index contributed by atoms with van der Waals surface area (Å²) in [4.78, 5) is 28.0. The van der Waals surface area contributed by atoms with Crippen molar-refractivity contribution in [3.8, 4) is 0 Å². The average molecular weight is 216 g/mol. The Bertz CT molecular complexity index is 437. The van der Waals surface area contributed by atoms with E-state index in [4.69, 9.17) is 0 Å². The fourth-order valence-electron chi connectivity index (χ4n) is 1.57. The number of aryl methyl sites for hydroxylation is 2. The molecule has 0 unspecified atom stereocenters. The largest absolute Gasteiger partial charge is 0.240 e. The van der Waals surface area contributed by atoms with Crippen molar-refractivity contribution in [3.63, 3.8) is 0 Å². The maximum absolute atomic E-state index is 10.4. The van der Waals surface area contributed by atoms with Gasteiger partial charge >= 0.3 is 0 Å². The third kappa shape index (κ3) is 2.31. The number of nitrogens with zero attached hydrogens (tertiary/aromatic N) is 2. The van der Waals surface area contributed by atoms with Crippen molar-refractivity contribution < 1.29 is 9.59 Å². The second-order valence-electron chi connectivity index (χ2n) is 3.19. The van der Waals surface area contributed by atoms with E-state index in [9.17, 15) is 9.59 Å².